The molecular weight excluding hydrogens is 612 g/mol. The van der Waals surface area contributed by atoms with Crippen LogP contribution in [0.2, 0.25) is 0 Å². The van der Waals surface area contributed by atoms with Crippen LogP contribution in [0.15, 0.2) is 24.3 Å². The van der Waals surface area contributed by atoms with E-state index in [-0.39, 0.29) is 60.0 Å². The predicted octanol–water partition coefficient (Wildman–Crippen LogP) is 1.33. The van der Waals surface area contributed by atoms with Crippen LogP contribution in [0.5, 0.6) is 5.75 Å². The maximum absolute atomic E-state index is 14.4. The lowest BCUT2D eigenvalue weighted by Crippen LogP contribution is -2.57. The minimum Gasteiger partial charge on any atom is -0.497 e. The predicted molar refractivity (Wildman–Crippen MR) is 178 cm³/mol. The Kier molecular flexibility index (Phi) is 10.2. The molecule has 262 valence electrons. The minimum absolute atomic E-state index is 0.00220. The molecule has 0 aliphatic carbocycles. The molecule has 48 heavy (non-hydrogen) atoms. The summed E-state index contributed by atoms with van der Waals surface area (Å²) in [6.45, 7) is 6.65. The average molecular weight is 665 g/mol. The molecule has 0 spiro atoms. The molecule has 1 aromatic rings. The number of amides is 4. The van der Waals surface area contributed by atoms with E-state index in [4.69, 9.17) is 9.47 Å². The molecule has 7 aliphatic rings. The second kappa shape index (κ2) is 14.7. The molecule has 7 aliphatic heterocycles. The molecule has 4 bridgehead atoms. The van der Waals surface area contributed by atoms with Crippen LogP contribution in [0.3, 0.4) is 0 Å². The van der Waals surface area contributed by atoms with E-state index in [0.29, 0.717) is 84.8 Å². The van der Waals surface area contributed by atoms with Gasteiger partial charge in [0.15, 0.2) is 0 Å². The zero-order valence-electron chi connectivity index (χ0n) is 28.4. The molecular formula is C36H52N6O6. The van der Waals surface area contributed by atoms with Gasteiger partial charge in [-0.2, -0.15) is 0 Å². The van der Waals surface area contributed by atoms with Gasteiger partial charge in [-0.05, 0) is 74.6 Å². The van der Waals surface area contributed by atoms with Crippen LogP contribution < -0.4 is 10.1 Å². The molecule has 0 unspecified atom stereocenters. The lowest BCUT2D eigenvalue weighted by atomic mass is 9.80. The van der Waals surface area contributed by atoms with Crippen molar-refractivity contribution in [3.63, 3.8) is 0 Å². The molecule has 0 radical (unpaired) electrons. The highest BCUT2D eigenvalue weighted by Crippen LogP contribution is 2.35. The first-order chi connectivity index (χ1) is 23.4. The van der Waals surface area contributed by atoms with Crippen molar-refractivity contribution < 1.29 is 28.7 Å². The lowest BCUT2D eigenvalue weighted by molar-refractivity contribution is -0.146. The Morgan fingerprint density at radius 1 is 0.917 bits per heavy atom. The summed E-state index contributed by atoms with van der Waals surface area (Å²) in [6, 6.07) is 7.29. The van der Waals surface area contributed by atoms with Crippen LogP contribution in [0, 0.1) is 11.8 Å². The summed E-state index contributed by atoms with van der Waals surface area (Å²) in [4.78, 5) is 66.4. The maximum Gasteiger partial charge on any atom is 0.246 e. The van der Waals surface area contributed by atoms with Crippen molar-refractivity contribution in [2.45, 2.75) is 82.1 Å². The number of methoxy groups -OCH3 is 1. The minimum atomic E-state index is -0.584. The fourth-order valence-electron chi connectivity index (χ4n) is 9.22. The fraction of sp³-hybridized carbons (Fsp3) is 0.722. The van der Waals surface area contributed by atoms with Gasteiger partial charge in [0.05, 0.1) is 26.4 Å². The van der Waals surface area contributed by atoms with Gasteiger partial charge in [0.25, 0.3) is 0 Å². The van der Waals surface area contributed by atoms with Gasteiger partial charge in [-0.3, -0.25) is 24.1 Å². The Bertz CT molecular complexity index is 1350. The highest BCUT2D eigenvalue weighted by atomic mass is 16.5. The molecule has 0 saturated carbocycles. The lowest BCUT2D eigenvalue weighted by Gasteiger charge is -2.43. The summed E-state index contributed by atoms with van der Waals surface area (Å²) in [7, 11) is 1.65. The van der Waals surface area contributed by atoms with E-state index >= 15 is 0 Å². The second-order valence-corrected chi connectivity index (χ2v) is 14.6. The van der Waals surface area contributed by atoms with E-state index < -0.39 is 6.04 Å². The van der Waals surface area contributed by atoms with E-state index in [1.54, 1.807) is 7.11 Å². The molecule has 7 heterocycles. The highest BCUT2D eigenvalue weighted by molar-refractivity contribution is 5.89. The number of piperidine rings is 2. The third kappa shape index (κ3) is 6.93. The Labute approximate surface area is 284 Å². The Hall–Kier alpha value is -3.22. The van der Waals surface area contributed by atoms with Gasteiger partial charge in [0.1, 0.15) is 11.8 Å². The number of hydrogen-bond donors (Lipinski definition) is 1. The van der Waals surface area contributed by atoms with Gasteiger partial charge in [-0.15, -0.1) is 0 Å². The third-order valence-electron chi connectivity index (χ3n) is 11.9. The molecule has 1 aromatic carbocycles. The largest absolute Gasteiger partial charge is 0.497 e. The number of fused-ring (bicyclic) bond motifs is 3. The number of nitrogens with one attached hydrogen (secondary N) is 1. The normalized spacial score (nSPS) is 31.8. The smallest absolute Gasteiger partial charge is 0.246 e. The number of hydrogen-bond acceptors (Lipinski definition) is 8. The first-order valence-corrected chi connectivity index (χ1v) is 18.2. The maximum atomic E-state index is 14.4. The van der Waals surface area contributed by atoms with Gasteiger partial charge in [0.2, 0.25) is 23.6 Å². The first-order valence-electron chi connectivity index (χ1n) is 18.2. The van der Waals surface area contributed by atoms with Crippen molar-refractivity contribution in [1.82, 2.24) is 29.8 Å². The summed E-state index contributed by atoms with van der Waals surface area (Å²) in [6.07, 6.45) is 5.53. The third-order valence-corrected chi connectivity index (χ3v) is 11.9. The summed E-state index contributed by atoms with van der Waals surface area (Å²) in [5.41, 5.74) is 1.06. The number of carbonyl (C=O) groups is 4. The topological polar surface area (TPSA) is 115 Å². The van der Waals surface area contributed by atoms with Crippen molar-refractivity contribution in [2.24, 2.45) is 11.8 Å². The van der Waals surface area contributed by atoms with E-state index in [1.165, 1.54) is 0 Å². The van der Waals surface area contributed by atoms with Crippen LogP contribution >= 0.6 is 0 Å². The average Bonchev–Trinajstić information content (AvgIpc) is 3.79. The highest BCUT2D eigenvalue weighted by Gasteiger charge is 2.47. The summed E-state index contributed by atoms with van der Waals surface area (Å²) in [5, 5.41) is 3.63. The Morgan fingerprint density at radius 3 is 2.50 bits per heavy atom. The van der Waals surface area contributed by atoms with Crippen LogP contribution in [0.1, 0.15) is 56.9 Å². The van der Waals surface area contributed by atoms with Crippen molar-refractivity contribution in [1.29, 1.82) is 0 Å². The van der Waals surface area contributed by atoms with Crippen LogP contribution in [0.4, 0.5) is 0 Å². The zero-order valence-corrected chi connectivity index (χ0v) is 28.4. The van der Waals surface area contributed by atoms with E-state index in [9.17, 15) is 19.2 Å². The Morgan fingerprint density at radius 2 is 1.71 bits per heavy atom. The zero-order chi connectivity index (χ0) is 33.2. The fourth-order valence-corrected chi connectivity index (χ4v) is 9.22. The van der Waals surface area contributed by atoms with Gasteiger partial charge < -0.3 is 34.4 Å². The molecule has 7 saturated heterocycles. The number of nitrogens with zero attached hydrogens (tertiary/aromatic N) is 5. The quantitative estimate of drug-likeness (QED) is 0.485. The summed E-state index contributed by atoms with van der Waals surface area (Å²) >= 11 is 0. The van der Waals surface area contributed by atoms with Gasteiger partial charge in [-0.1, -0.05) is 12.1 Å². The first kappa shape index (κ1) is 33.3. The number of rotatable bonds is 6. The number of carbonyl (C=O) groups excluding carboxylic acids is 4. The van der Waals surface area contributed by atoms with Gasteiger partial charge >= 0.3 is 0 Å². The SMILES string of the molecule is COc1cccc(CN[C@@H]2CCN3C(=O)C[C@H]4CN(CC[C@H]4CC(=O)N4CCOCC4)C(=O)[C@@H]4CCCN4C4CCN(CC4)C(=O)[C@H]23)c1. The molecule has 7 fully saturated rings. The number of morpholine rings is 1. The summed E-state index contributed by atoms with van der Waals surface area (Å²) < 4.78 is 10.9. The second-order valence-electron chi connectivity index (χ2n) is 14.6. The van der Waals surface area contributed by atoms with Crippen LogP contribution in [-0.2, 0) is 30.5 Å². The van der Waals surface area contributed by atoms with Crippen LogP contribution in [0.25, 0.3) is 0 Å². The van der Waals surface area contributed by atoms with Gasteiger partial charge in [-0.25, -0.2) is 0 Å². The van der Waals surface area contributed by atoms with E-state index in [0.717, 1.165) is 43.5 Å². The molecule has 12 heteroatoms. The Balaban J connectivity index is 1.15. The molecule has 0 aromatic heterocycles. The van der Waals surface area contributed by atoms with Gasteiger partial charge in [0, 0.05) is 77.3 Å². The van der Waals surface area contributed by atoms with Crippen LogP contribution in [-0.4, -0.2) is 145 Å². The van der Waals surface area contributed by atoms with E-state index in [1.807, 2.05) is 43.9 Å². The molecule has 12 nitrogen and oxygen atoms in total. The van der Waals surface area contributed by atoms with E-state index in [2.05, 4.69) is 10.2 Å². The number of ether oxygens (including phenoxy) is 2. The van der Waals surface area contributed by atoms with Crippen molar-refractivity contribution >= 4 is 23.6 Å². The monoisotopic (exact) mass is 664 g/mol. The number of benzene rings is 1. The summed E-state index contributed by atoms with van der Waals surface area (Å²) in [5.74, 6) is 0.905. The molecule has 4 amide bonds. The van der Waals surface area contributed by atoms with Crippen molar-refractivity contribution in [3.05, 3.63) is 29.8 Å². The molecule has 8 rings (SSSR count). The van der Waals surface area contributed by atoms with Crippen molar-refractivity contribution in [2.75, 3.05) is 72.7 Å². The molecule has 5 atom stereocenters. The standard InChI is InChI=1S/C36H52N6O6/c1-47-29-5-2-4-25(20-29)23-37-30-10-15-42-33(44)22-27-24-40(12-7-26(27)21-32(43)38-16-18-48-19-17-38)35(45)31-6-3-11-41(31)28-8-13-39(14-9-28)36(46)34(30)42/h2,4-5,20,26-28,30-31,34,37H,3,6-19,21-24H2,1H3/t26-,27-,30+,31-,34-/m0/s1. The molecule has 1 N–H and O–H groups in total. The van der Waals surface area contributed by atoms with Crippen molar-refractivity contribution in [3.8, 4) is 5.75 Å².